The summed E-state index contributed by atoms with van der Waals surface area (Å²) in [5.41, 5.74) is -0.591. The van der Waals surface area contributed by atoms with Gasteiger partial charge >= 0.3 is 11.9 Å². The zero-order valence-electron chi connectivity index (χ0n) is 18.5. The van der Waals surface area contributed by atoms with Gasteiger partial charge in [-0.25, -0.2) is 4.79 Å². The number of fused-ring (bicyclic) bond motifs is 3. The SMILES string of the molecule is N#Cc1cc(COc2cc3n(c(=O)n2)CC2CCCCN32)ccc1Oc1cncc(C(F)(F)F)c1. The maximum atomic E-state index is 12.9. The lowest BCUT2D eigenvalue weighted by Gasteiger charge is -2.30. The lowest BCUT2D eigenvalue weighted by Crippen LogP contribution is -2.36. The number of piperidine rings is 1. The average Bonchev–Trinajstić information content (AvgIpc) is 3.22. The van der Waals surface area contributed by atoms with E-state index in [0.29, 0.717) is 24.3 Å². The van der Waals surface area contributed by atoms with Gasteiger partial charge in [-0.15, -0.1) is 0 Å². The van der Waals surface area contributed by atoms with E-state index in [9.17, 15) is 23.2 Å². The molecule has 0 amide bonds. The second-order valence-corrected chi connectivity index (χ2v) is 8.43. The van der Waals surface area contributed by atoms with Gasteiger partial charge < -0.3 is 14.4 Å². The molecule has 2 aliphatic heterocycles. The molecule has 5 rings (SSSR count). The van der Waals surface area contributed by atoms with Crippen LogP contribution in [0.15, 0.2) is 47.5 Å². The number of alkyl halides is 3. The Balaban J connectivity index is 1.31. The van der Waals surface area contributed by atoms with Gasteiger partial charge in [0.2, 0.25) is 5.88 Å². The first-order valence-electron chi connectivity index (χ1n) is 11.1. The summed E-state index contributed by atoms with van der Waals surface area (Å²) in [6.07, 6.45) is 0.534. The molecule has 1 atom stereocenters. The first-order valence-corrected chi connectivity index (χ1v) is 11.1. The average molecular weight is 483 g/mol. The van der Waals surface area contributed by atoms with Crippen LogP contribution in [0.5, 0.6) is 17.4 Å². The van der Waals surface area contributed by atoms with E-state index < -0.39 is 11.7 Å². The van der Waals surface area contributed by atoms with Gasteiger partial charge in [-0.3, -0.25) is 9.55 Å². The van der Waals surface area contributed by atoms with Crippen molar-refractivity contribution in [2.75, 3.05) is 11.4 Å². The maximum Gasteiger partial charge on any atom is 0.418 e. The van der Waals surface area contributed by atoms with Crippen molar-refractivity contribution in [3.63, 3.8) is 0 Å². The number of nitriles is 1. The van der Waals surface area contributed by atoms with Gasteiger partial charge in [-0.05, 0) is 43.0 Å². The van der Waals surface area contributed by atoms with E-state index in [-0.39, 0.29) is 35.2 Å². The van der Waals surface area contributed by atoms with E-state index in [1.165, 1.54) is 12.1 Å². The van der Waals surface area contributed by atoms with Crippen LogP contribution in [0.2, 0.25) is 0 Å². The van der Waals surface area contributed by atoms with Crippen molar-refractivity contribution in [1.29, 1.82) is 5.26 Å². The molecule has 2 aliphatic rings. The Morgan fingerprint density at radius 3 is 2.83 bits per heavy atom. The van der Waals surface area contributed by atoms with Gasteiger partial charge in [0.15, 0.2) is 0 Å². The van der Waals surface area contributed by atoms with Crippen LogP contribution in [0, 0.1) is 11.3 Å². The van der Waals surface area contributed by atoms with E-state index in [0.717, 1.165) is 43.9 Å². The Labute approximate surface area is 198 Å². The number of aromatic nitrogens is 3. The third-order valence-corrected chi connectivity index (χ3v) is 6.10. The summed E-state index contributed by atoms with van der Waals surface area (Å²) in [5.74, 6) is 0.948. The predicted octanol–water partition coefficient (Wildman–Crippen LogP) is 4.27. The fourth-order valence-corrected chi connectivity index (χ4v) is 4.42. The Kier molecular flexibility index (Phi) is 5.80. The van der Waals surface area contributed by atoms with Crippen molar-refractivity contribution in [1.82, 2.24) is 14.5 Å². The van der Waals surface area contributed by atoms with Crippen LogP contribution in [-0.4, -0.2) is 27.1 Å². The highest BCUT2D eigenvalue weighted by Gasteiger charge is 2.33. The lowest BCUT2D eigenvalue weighted by atomic mass is 10.0. The molecule has 1 aromatic carbocycles. The highest BCUT2D eigenvalue weighted by Crippen LogP contribution is 2.34. The molecule has 0 bridgehead atoms. The molecule has 0 aliphatic carbocycles. The summed E-state index contributed by atoms with van der Waals surface area (Å²) in [6, 6.07) is 9.47. The van der Waals surface area contributed by atoms with Crippen LogP contribution in [0.1, 0.15) is 36.0 Å². The van der Waals surface area contributed by atoms with E-state index in [2.05, 4.69) is 14.9 Å². The number of rotatable bonds is 5. The third-order valence-electron chi connectivity index (χ3n) is 6.10. The number of pyridine rings is 1. The maximum absolute atomic E-state index is 12.9. The molecule has 0 spiro atoms. The Hall–Kier alpha value is -4.07. The van der Waals surface area contributed by atoms with E-state index in [4.69, 9.17) is 9.47 Å². The summed E-state index contributed by atoms with van der Waals surface area (Å²) in [6.45, 7) is 1.57. The summed E-state index contributed by atoms with van der Waals surface area (Å²) in [5, 5.41) is 9.51. The van der Waals surface area contributed by atoms with Crippen molar-refractivity contribution >= 4 is 5.82 Å². The molecule has 0 N–H and O–H groups in total. The highest BCUT2D eigenvalue weighted by molar-refractivity contribution is 5.49. The molecule has 1 saturated heterocycles. The fourth-order valence-electron chi connectivity index (χ4n) is 4.42. The molecule has 180 valence electrons. The van der Waals surface area contributed by atoms with Gasteiger partial charge in [-0.2, -0.15) is 23.4 Å². The number of hydrogen-bond acceptors (Lipinski definition) is 7. The lowest BCUT2D eigenvalue weighted by molar-refractivity contribution is -0.137. The number of hydrogen-bond donors (Lipinski definition) is 0. The number of anilines is 1. The largest absolute Gasteiger partial charge is 0.473 e. The number of halogens is 3. The molecule has 1 unspecified atom stereocenters. The first-order chi connectivity index (χ1) is 16.8. The predicted molar refractivity (Wildman–Crippen MR) is 118 cm³/mol. The number of nitrogens with zero attached hydrogens (tertiary/aromatic N) is 5. The summed E-state index contributed by atoms with van der Waals surface area (Å²) >= 11 is 0. The number of ether oxygens (including phenoxy) is 2. The first kappa shape index (κ1) is 22.7. The molecular formula is C24H20F3N5O3. The standard InChI is InChI=1S/C24H20F3N5O3/c25-24(26,27)17-8-19(12-29-11-17)35-20-5-4-15(7-16(20)10-28)14-34-21-9-22-31-6-2-1-3-18(31)13-32(22)23(33)30-21/h4-5,7-9,11-12,18H,1-3,6,13-14H2. The fraction of sp³-hybridized carbons (Fsp3) is 0.333. The van der Waals surface area contributed by atoms with Crippen LogP contribution in [0.25, 0.3) is 0 Å². The molecular weight excluding hydrogens is 463 g/mol. The van der Waals surface area contributed by atoms with Crippen LogP contribution in [0.3, 0.4) is 0 Å². The Morgan fingerprint density at radius 2 is 2.03 bits per heavy atom. The molecule has 35 heavy (non-hydrogen) atoms. The minimum atomic E-state index is -4.56. The Bertz CT molecular complexity index is 1370. The summed E-state index contributed by atoms with van der Waals surface area (Å²) in [4.78, 5) is 22.3. The molecule has 2 aromatic heterocycles. The van der Waals surface area contributed by atoms with E-state index >= 15 is 0 Å². The van der Waals surface area contributed by atoms with Gasteiger partial charge in [0, 0.05) is 31.4 Å². The number of benzene rings is 1. The third kappa shape index (κ3) is 4.64. The quantitative estimate of drug-likeness (QED) is 0.535. The van der Waals surface area contributed by atoms with E-state index in [1.54, 1.807) is 16.7 Å². The molecule has 4 heterocycles. The monoisotopic (exact) mass is 483 g/mol. The minimum Gasteiger partial charge on any atom is -0.473 e. The highest BCUT2D eigenvalue weighted by atomic mass is 19.4. The molecule has 8 nitrogen and oxygen atoms in total. The van der Waals surface area contributed by atoms with Gasteiger partial charge in [0.05, 0.1) is 17.3 Å². The molecule has 0 radical (unpaired) electrons. The van der Waals surface area contributed by atoms with E-state index in [1.807, 2.05) is 6.07 Å². The second kappa shape index (κ2) is 8.94. The van der Waals surface area contributed by atoms with Crippen molar-refractivity contribution < 1.29 is 22.6 Å². The van der Waals surface area contributed by atoms with Gasteiger partial charge in [-0.1, -0.05) is 6.07 Å². The zero-order chi connectivity index (χ0) is 24.6. The molecule has 0 saturated carbocycles. The smallest absolute Gasteiger partial charge is 0.418 e. The van der Waals surface area contributed by atoms with Crippen LogP contribution >= 0.6 is 0 Å². The normalized spacial score (nSPS) is 16.9. The Morgan fingerprint density at radius 1 is 1.17 bits per heavy atom. The molecule has 1 fully saturated rings. The van der Waals surface area contributed by atoms with Crippen LogP contribution in [-0.2, 0) is 19.3 Å². The van der Waals surface area contributed by atoms with Crippen molar-refractivity contribution in [3.05, 3.63) is 69.9 Å². The molecule has 11 heteroatoms. The topological polar surface area (TPSA) is 93.3 Å². The summed E-state index contributed by atoms with van der Waals surface area (Å²) in [7, 11) is 0. The zero-order valence-corrected chi connectivity index (χ0v) is 18.5. The van der Waals surface area contributed by atoms with Crippen molar-refractivity contribution in [2.24, 2.45) is 0 Å². The van der Waals surface area contributed by atoms with Gasteiger partial charge in [0.1, 0.15) is 30.0 Å². The second-order valence-electron chi connectivity index (χ2n) is 8.43. The van der Waals surface area contributed by atoms with Crippen molar-refractivity contribution in [2.45, 2.75) is 44.6 Å². The van der Waals surface area contributed by atoms with Gasteiger partial charge in [0.25, 0.3) is 0 Å². The summed E-state index contributed by atoms with van der Waals surface area (Å²) < 4.78 is 51.7. The molecule has 3 aromatic rings. The van der Waals surface area contributed by atoms with Crippen LogP contribution in [0.4, 0.5) is 19.0 Å². The minimum absolute atomic E-state index is 0.0411. The van der Waals surface area contributed by atoms with Crippen molar-refractivity contribution in [3.8, 4) is 23.4 Å². The van der Waals surface area contributed by atoms with Crippen LogP contribution < -0.4 is 20.1 Å².